The number of rotatable bonds is 3. The second kappa shape index (κ2) is 8.23. The molecule has 1 aromatic heterocycles. The predicted octanol–water partition coefficient (Wildman–Crippen LogP) is 3.48. The number of aromatic nitrogens is 2. The fraction of sp³-hybridized carbons (Fsp3) is 0.500. The Morgan fingerprint density at radius 3 is 2.92 bits per heavy atom. The van der Waals surface area contributed by atoms with Gasteiger partial charge in [0.05, 0.1) is 18.2 Å². The number of nitrogens with zero attached hydrogens (tertiary/aromatic N) is 2. The quantitative estimate of drug-likeness (QED) is 0.864. The van der Waals surface area contributed by atoms with Crippen molar-refractivity contribution in [2.75, 3.05) is 18.4 Å². The summed E-state index contributed by atoms with van der Waals surface area (Å²) in [6.07, 6.45) is 7.23. The van der Waals surface area contributed by atoms with E-state index in [0.29, 0.717) is 0 Å². The van der Waals surface area contributed by atoms with E-state index in [2.05, 4.69) is 40.0 Å². The first-order chi connectivity index (χ1) is 12.2. The van der Waals surface area contributed by atoms with Crippen LogP contribution in [0.5, 0.6) is 0 Å². The first-order valence-electron chi connectivity index (χ1n) is 9.37. The molecule has 1 saturated heterocycles. The van der Waals surface area contributed by atoms with Crippen LogP contribution in [0.3, 0.4) is 0 Å². The molecule has 1 aliphatic carbocycles. The number of aryl methyl sites for hydroxylation is 2. The topological polar surface area (TPSA) is 59.0 Å². The van der Waals surface area contributed by atoms with Crippen LogP contribution in [0.4, 0.5) is 5.82 Å². The molecule has 2 aromatic rings. The van der Waals surface area contributed by atoms with Gasteiger partial charge in [0.1, 0.15) is 5.82 Å². The molecule has 1 aromatic carbocycles. The highest BCUT2D eigenvalue weighted by molar-refractivity contribution is 5.92. The lowest BCUT2D eigenvalue weighted by Crippen LogP contribution is -2.37. The van der Waals surface area contributed by atoms with E-state index in [4.69, 9.17) is 0 Å². The molecule has 5 nitrogen and oxygen atoms in total. The Bertz CT molecular complexity index is 767. The van der Waals surface area contributed by atoms with Gasteiger partial charge in [-0.2, -0.15) is 5.10 Å². The van der Waals surface area contributed by atoms with E-state index in [1.54, 1.807) is 0 Å². The SMILES string of the molecule is Cc1cnn(C2CCCc3ccccc32)c1NC(=O)C1CCCNC1.Cl. The molecule has 0 bridgehead atoms. The van der Waals surface area contributed by atoms with E-state index < -0.39 is 0 Å². The third kappa shape index (κ3) is 3.64. The Labute approximate surface area is 161 Å². The number of piperidine rings is 1. The van der Waals surface area contributed by atoms with Gasteiger partial charge in [-0.15, -0.1) is 12.4 Å². The zero-order valence-electron chi connectivity index (χ0n) is 15.2. The summed E-state index contributed by atoms with van der Waals surface area (Å²) in [7, 11) is 0. The van der Waals surface area contributed by atoms with Crippen molar-refractivity contribution in [1.82, 2.24) is 15.1 Å². The number of carbonyl (C=O) groups is 1. The van der Waals surface area contributed by atoms with Crippen LogP contribution in [-0.4, -0.2) is 28.8 Å². The summed E-state index contributed by atoms with van der Waals surface area (Å²) in [6.45, 7) is 3.80. The van der Waals surface area contributed by atoms with E-state index in [1.165, 1.54) is 11.1 Å². The van der Waals surface area contributed by atoms with Crippen LogP contribution in [0.15, 0.2) is 30.5 Å². The highest BCUT2D eigenvalue weighted by Crippen LogP contribution is 2.35. The summed E-state index contributed by atoms with van der Waals surface area (Å²) in [5.41, 5.74) is 3.77. The van der Waals surface area contributed by atoms with Crippen molar-refractivity contribution >= 4 is 24.1 Å². The van der Waals surface area contributed by atoms with E-state index in [-0.39, 0.29) is 30.3 Å². The molecule has 6 heteroatoms. The molecule has 2 aliphatic rings. The van der Waals surface area contributed by atoms with Crippen LogP contribution in [0, 0.1) is 12.8 Å². The number of amides is 1. The lowest BCUT2D eigenvalue weighted by Gasteiger charge is -2.28. The van der Waals surface area contributed by atoms with Gasteiger partial charge in [0.2, 0.25) is 5.91 Å². The smallest absolute Gasteiger partial charge is 0.229 e. The fourth-order valence-corrected chi connectivity index (χ4v) is 4.12. The summed E-state index contributed by atoms with van der Waals surface area (Å²) in [5, 5.41) is 11.1. The van der Waals surface area contributed by atoms with Gasteiger partial charge in [-0.05, 0) is 56.7 Å². The van der Waals surface area contributed by atoms with Crippen molar-refractivity contribution in [3.8, 4) is 0 Å². The van der Waals surface area contributed by atoms with Crippen LogP contribution in [0.2, 0.25) is 0 Å². The zero-order valence-corrected chi connectivity index (χ0v) is 16.0. The lowest BCUT2D eigenvalue weighted by molar-refractivity contribution is -0.120. The lowest BCUT2D eigenvalue weighted by atomic mass is 9.88. The Hall–Kier alpha value is -1.85. The number of hydrogen-bond donors (Lipinski definition) is 2. The minimum atomic E-state index is 0. The molecule has 1 aliphatic heterocycles. The molecule has 1 fully saturated rings. The molecule has 2 heterocycles. The minimum absolute atomic E-state index is 0. The second-order valence-corrected chi connectivity index (χ2v) is 7.26. The van der Waals surface area contributed by atoms with Gasteiger partial charge in [0.15, 0.2) is 0 Å². The van der Waals surface area contributed by atoms with Crippen molar-refractivity contribution < 1.29 is 4.79 Å². The molecule has 0 spiro atoms. The maximum atomic E-state index is 12.7. The summed E-state index contributed by atoms with van der Waals surface area (Å²) >= 11 is 0. The minimum Gasteiger partial charge on any atom is -0.316 e. The highest BCUT2D eigenvalue weighted by atomic mass is 35.5. The van der Waals surface area contributed by atoms with Crippen molar-refractivity contribution in [3.63, 3.8) is 0 Å². The summed E-state index contributed by atoms with van der Waals surface area (Å²) in [4.78, 5) is 12.7. The number of halogens is 1. The fourth-order valence-electron chi connectivity index (χ4n) is 4.12. The van der Waals surface area contributed by atoms with Crippen molar-refractivity contribution in [3.05, 3.63) is 47.2 Å². The van der Waals surface area contributed by atoms with Crippen LogP contribution in [0.25, 0.3) is 0 Å². The molecule has 140 valence electrons. The number of carbonyl (C=O) groups excluding carboxylic acids is 1. The highest BCUT2D eigenvalue weighted by Gasteiger charge is 2.27. The zero-order chi connectivity index (χ0) is 17.2. The predicted molar refractivity (Wildman–Crippen MR) is 106 cm³/mol. The molecule has 0 saturated carbocycles. The Morgan fingerprint density at radius 1 is 1.27 bits per heavy atom. The van der Waals surface area contributed by atoms with Crippen LogP contribution < -0.4 is 10.6 Å². The molecule has 2 N–H and O–H groups in total. The molecule has 0 radical (unpaired) electrons. The van der Waals surface area contributed by atoms with Crippen molar-refractivity contribution in [2.24, 2.45) is 5.92 Å². The average Bonchev–Trinajstić information content (AvgIpc) is 3.02. The molecule has 1 amide bonds. The summed E-state index contributed by atoms with van der Waals surface area (Å²) in [5.74, 6) is 1.02. The molecule has 2 unspecified atom stereocenters. The third-order valence-corrected chi connectivity index (χ3v) is 5.52. The van der Waals surface area contributed by atoms with E-state index in [1.807, 2.05) is 17.8 Å². The standard InChI is InChI=1S/C20H26N4O.ClH/c1-14-12-22-24(18-10-4-7-15-6-2-3-9-17(15)18)19(14)23-20(25)16-8-5-11-21-13-16;/h2-3,6,9,12,16,18,21H,4-5,7-8,10-11,13H2,1H3,(H,23,25);1H. The maximum absolute atomic E-state index is 12.7. The monoisotopic (exact) mass is 374 g/mol. The van der Waals surface area contributed by atoms with Crippen LogP contribution >= 0.6 is 12.4 Å². The van der Waals surface area contributed by atoms with Gasteiger partial charge < -0.3 is 10.6 Å². The Morgan fingerprint density at radius 2 is 2.12 bits per heavy atom. The molecule has 4 rings (SSSR count). The number of benzene rings is 1. The first-order valence-corrected chi connectivity index (χ1v) is 9.37. The Kier molecular flexibility index (Phi) is 5.99. The van der Waals surface area contributed by atoms with E-state index in [9.17, 15) is 4.79 Å². The molecular formula is C20H27ClN4O. The normalized spacial score (nSPS) is 22.2. The third-order valence-electron chi connectivity index (χ3n) is 5.52. The number of fused-ring (bicyclic) bond motifs is 1. The maximum Gasteiger partial charge on any atom is 0.229 e. The average molecular weight is 375 g/mol. The molecule has 26 heavy (non-hydrogen) atoms. The number of anilines is 1. The van der Waals surface area contributed by atoms with Crippen LogP contribution in [0.1, 0.15) is 48.4 Å². The second-order valence-electron chi connectivity index (χ2n) is 7.26. The van der Waals surface area contributed by atoms with Crippen molar-refractivity contribution in [2.45, 2.75) is 45.1 Å². The van der Waals surface area contributed by atoms with Gasteiger partial charge in [-0.3, -0.25) is 4.79 Å². The van der Waals surface area contributed by atoms with E-state index >= 15 is 0 Å². The largest absolute Gasteiger partial charge is 0.316 e. The van der Waals surface area contributed by atoms with Crippen LogP contribution in [-0.2, 0) is 11.2 Å². The van der Waals surface area contributed by atoms with Gasteiger partial charge in [-0.25, -0.2) is 4.68 Å². The summed E-state index contributed by atoms with van der Waals surface area (Å²) in [6, 6.07) is 8.82. The molecular weight excluding hydrogens is 348 g/mol. The van der Waals surface area contributed by atoms with E-state index in [0.717, 1.165) is 56.6 Å². The van der Waals surface area contributed by atoms with Gasteiger partial charge in [0.25, 0.3) is 0 Å². The van der Waals surface area contributed by atoms with Gasteiger partial charge in [0, 0.05) is 12.1 Å². The van der Waals surface area contributed by atoms with Crippen molar-refractivity contribution in [1.29, 1.82) is 0 Å². The Balaban J connectivity index is 0.00000196. The first kappa shape index (κ1) is 18.9. The van der Waals surface area contributed by atoms with Gasteiger partial charge in [-0.1, -0.05) is 24.3 Å². The summed E-state index contributed by atoms with van der Waals surface area (Å²) < 4.78 is 2.03. The number of hydrogen-bond acceptors (Lipinski definition) is 3. The van der Waals surface area contributed by atoms with Gasteiger partial charge >= 0.3 is 0 Å². The number of nitrogens with one attached hydrogen (secondary N) is 2. The molecule has 2 atom stereocenters.